The van der Waals surface area contributed by atoms with Gasteiger partial charge in [0, 0.05) is 24.6 Å². The molecular weight excluding hydrogens is 255 g/mol. The van der Waals surface area contributed by atoms with Crippen LogP contribution in [0.3, 0.4) is 0 Å². The van der Waals surface area contributed by atoms with Crippen LogP contribution in [0, 0.1) is 5.82 Å². The van der Waals surface area contributed by atoms with Gasteiger partial charge in [-0.15, -0.1) is 0 Å². The second kappa shape index (κ2) is 4.86. The predicted octanol–water partition coefficient (Wildman–Crippen LogP) is 3.55. The van der Waals surface area contributed by atoms with Gasteiger partial charge in [0.15, 0.2) is 11.5 Å². The van der Waals surface area contributed by atoms with E-state index < -0.39 is 5.82 Å². The molecule has 5 heteroatoms. The Morgan fingerprint density at radius 1 is 1.39 bits per heavy atom. The van der Waals surface area contributed by atoms with E-state index >= 15 is 0 Å². The molecule has 18 heavy (non-hydrogen) atoms. The minimum Gasteiger partial charge on any atom is -0.441 e. The van der Waals surface area contributed by atoms with Gasteiger partial charge in [0.2, 0.25) is 0 Å². The van der Waals surface area contributed by atoms with Crippen LogP contribution in [-0.2, 0) is 6.42 Å². The van der Waals surface area contributed by atoms with Crippen molar-refractivity contribution < 1.29 is 8.81 Å². The number of nitrogens with one attached hydrogen (secondary N) is 1. The zero-order valence-electron chi connectivity index (χ0n) is 10.7. The van der Waals surface area contributed by atoms with E-state index in [1.165, 1.54) is 12.1 Å². The first kappa shape index (κ1) is 13.3. The van der Waals surface area contributed by atoms with Crippen LogP contribution in [0.25, 0.3) is 11.1 Å². The fourth-order valence-electron chi connectivity index (χ4n) is 1.62. The molecule has 1 N–H and O–H groups in total. The lowest BCUT2D eigenvalue weighted by molar-refractivity contribution is 0.414. The Kier molecular flexibility index (Phi) is 3.59. The number of hydrogen-bond acceptors (Lipinski definition) is 3. The zero-order chi connectivity index (χ0) is 13.3. The molecule has 0 unspecified atom stereocenters. The molecule has 0 fully saturated rings. The normalized spacial score (nSPS) is 12.3. The standard InChI is InChI=1S/C13H16ClFN2O/c1-13(2,3)16-5-4-12-17-10-6-8(14)9(15)7-11(10)18-12/h6-7,16H,4-5H2,1-3H3. The quantitative estimate of drug-likeness (QED) is 0.927. The Morgan fingerprint density at radius 2 is 2.11 bits per heavy atom. The third-order valence-electron chi connectivity index (χ3n) is 2.47. The first-order valence-electron chi connectivity index (χ1n) is 5.85. The molecule has 0 spiro atoms. The number of aromatic nitrogens is 1. The van der Waals surface area contributed by atoms with E-state index in [-0.39, 0.29) is 10.6 Å². The number of oxazole rings is 1. The van der Waals surface area contributed by atoms with E-state index in [1.807, 2.05) is 0 Å². The second-order valence-corrected chi connectivity index (χ2v) is 5.68. The molecule has 0 atom stereocenters. The highest BCUT2D eigenvalue weighted by Gasteiger charge is 2.12. The molecule has 0 aliphatic heterocycles. The van der Waals surface area contributed by atoms with Crippen molar-refractivity contribution in [2.45, 2.75) is 32.7 Å². The topological polar surface area (TPSA) is 38.1 Å². The van der Waals surface area contributed by atoms with Gasteiger partial charge in [0.1, 0.15) is 11.3 Å². The molecule has 0 radical (unpaired) electrons. The predicted molar refractivity (Wildman–Crippen MR) is 70.4 cm³/mol. The van der Waals surface area contributed by atoms with Gasteiger partial charge in [0.25, 0.3) is 0 Å². The minimum atomic E-state index is -0.486. The van der Waals surface area contributed by atoms with E-state index in [0.29, 0.717) is 23.4 Å². The Balaban J connectivity index is 2.11. The van der Waals surface area contributed by atoms with Crippen LogP contribution in [0.4, 0.5) is 4.39 Å². The van der Waals surface area contributed by atoms with Crippen LogP contribution in [0.5, 0.6) is 0 Å². The van der Waals surface area contributed by atoms with E-state index in [2.05, 4.69) is 31.1 Å². The minimum absolute atomic E-state index is 0.0570. The van der Waals surface area contributed by atoms with Gasteiger partial charge in [-0.3, -0.25) is 0 Å². The highest BCUT2D eigenvalue weighted by molar-refractivity contribution is 6.31. The van der Waals surface area contributed by atoms with E-state index in [4.69, 9.17) is 16.0 Å². The molecule has 0 bridgehead atoms. The summed E-state index contributed by atoms with van der Waals surface area (Å²) in [5, 5.41) is 3.40. The van der Waals surface area contributed by atoms with Crippen molar-refractivity contribution in [1.82, 2.24) is 10.3 Å². The Bertz CT molecular complexity index is 521. The van der Waals surface area contributed by atoms with Crippen molar-refractivity contribution in [3.8, 4) is 0 Å². The average molecular weight is 271 g/mol. The summed E-state index contributed by atoms with van der Waals surface area (Å²) in [7, 11) is 0. The molecule has 2 aromatic rings. The molecule has 1 aromatic heterocycles. The highest BCUT2D eigenvalue weighted by Crippen LogP contribution is 2.23. The third-order valence-corrected chi connectivity index (χ3v) is 2.76. The molecule has 1 heterocycles. The molecule has 0 saturated heterocycles. The molecular formula is C13H16ClFN2O. The lowest BCUT2D eigenvalue weighted by Gasteiger charge is -2.19. The fraction of sp³-hybridized carbons (Fsp3) is 0.462. The van der Waals surface area contributed by atoms with Crippen molar-refractivity contribution in [3.05, 3.63) is 28.9 Å². The zero-order valence-corrected chi connectivity index (χ0v) is 11.4. The van der Waals surface area contributed by atoms with Crippen molar-refractivity contribution in [2.75, 3.05) is 6.54 Å². The molecule has 0 amide bonds. The van der Waals surface area contributed by atoms with E-state index in [0.717, 1.165) is 6.54 Å². The monoisotopic (exact) mass is 270 g/mol. The number of nitrogens with zero attached hydrogens (tertiary/aromatic N) is 1. The highest BCUT2D eigenvalue weighted by atomic mass is 35.5. The van der Waals surface area contributed by atoms with Crippen LogP contribution >= 0.6 is 11.6 Å². The summed E-state index contributed by atoms with van der Waals surface area (Å²) in [5.74, 6) is 0.100. The molecule has 1 aromatic carbocycles. The largest absolute Gasteiger partial charge is 0.441 e. The van der Waals surface area contributed by atoms with Crippen LogP contribution < -0.4 is 5.32 Å². The molecule has 3 nitrogen and oxygen atoms in total. The van der Waals surface area contributed by atoms with Crippen molar-refractivity contribution in [1.29, 1.82) is 0 Å². The van der Waals surface area contributed by atoms with Gasteiger partial charge in [-0.05, 0) is 26.8 Å². The number of benzene rings is 1. The lowest BCUT2D eigenvalue weighted by Crippen LogP contribution is -2.37. The van der Waals surface area contributed by atoms with E-state index in [1.54, 1.807) is 0 Å². The van der Waals surface area contributed by atoms with Crippen LogP contribution in [-0.4, -0.2) is 17.1 Å². The third kappa shape index (κ3) is 3.21. The van der Waals surface area contributed by atoms with Gasteiger partial charge in [-0.25, -0.2) is 9.37 Å². The van der Waals surface area contributed by atoms with E-state index in [9.17, 15) is 4.39 Å². The van der Waals surface area contributed by atoms with Crippen LogP contribution in [0.15, 0.2) is 16.5 Å². The summed E-state index contributed by atoms with van der Waals surface area (Å²) >= 11 is 5.69. The van der Waals surface area contributed by atoms with Gasteiger partial charge in [-0.1, -0.05) is 11.6 Å². The molecule has 0 aliphatic carbocycles. The number of hydrogen-bond donors (Lipinski definition) is 1. The first-order chi connectivity index (χ1) is 8.35. The summed E-state index contributed by atoms with van der Waals surface area (Å²) in [6, 6.07) is 2.75. The summed E-state index contributed by atoms with van der Waals surface area (Å²) in [5.41, 5.74) is 1.08. The smallest absolute Gasteiger partial charge is 0.196 e. The van der Waals surface area contributed by atoms with Gasteiger partial charge in [-0.2, -0.15) is 0 Å². The van der Waals surface area contributed by atoms with Crippen LogP contribution in [0.2, 0.25) is 5.02 Å². The first-order valence-corrected chi connectivity index (χ1v) is 6.22. The molecule has 2 rings (SSSR count). The summed E-state index contributed by atoms with van der Waals surface area (Å²) in [6.45, 7) is 7.03. The van der Waals surface area contributed by atoms with Crippen molar-refractivity contribution >= 4 is 22.7 Å². The SMILES string of the molecule is CC(C)(C)NCCc1nc2cc(Cl)c(F)cc2o1. The molecule has 0 saturated carbocycles. The summed E-state index contributed by atoms with van der Waals surface area (Å²) in [4.78, 5) is 4.28. The number of rotatable bonds is 3. The van der Waals surface area contributed by atoms with Gasteiger partial charge < -0.3 is 9.73 Å². The second-order valence-electron chi connectivity index (χ2n) is 5.27. The fourth-order valence-corrected chi connectivity index (χ4v) is 1.78. The van der Waals surface area contributed by atoms with Crippen molar-refractivity contribution in [2.24, 2.45) is 0 Å². The molecule has 0 aliphatic rings. The van der Waals surface area contributed by atoms with Crippen LogP contribution in [0.1, 0.15) is 26.7 Å². The average Bonchev–Trinajstić information content (AvgIpc) is 2.58. The van der Waals surface area contributed by atoms with Crippen molar-refractivity contribution in [3.63, 3.8) is 0 Å². The van der Waals surface area contributed by atoms with Gasteiger partial charge in [0.05, 0.1) is 5.02 Å². The maximum Gasteiger partial charge on any atom is 0.196 e. The number of halogens is 2. The maximum atomic E-state index is 13.2. The Labute approximate surface area is 110 Å². The summed E-state index contributed by atoms with van der Waals surface area (Å²) < 4.78 is 18.7. The maximum absolute atomic E-state index is 13.2. The number of fused-ring (bicyclic) bond motifs is 1. The Hall–Kier alpha value is -1.13. The molecule has 98 valence electrons. The Morgan fingerprint density at radius 3 is 2.78 bits per heavy atom. The van der Waals surface area contributed by atoms with Gasteiger partial charge >= 0.3 is 0 Å². The summed E-state index contributed by atoms with van der Waals surface area (Å²) in [6.07, 6.45) is 0.658. The lowest BCUT2D eigenvalue weighted by atomic mass is 10.1.